The van der Waals surface area contributed by atoms with Crippen molar-refractivity contribution in [3.63, 3.8) is 0 Å². The van der Waals surface area contributed by atoms with Gasteiger partial charge >= 0.3 is 0 Å². The Morgan fingerprint density at radius 3 is 2.19 bits per heavy atom. The summed E-state index contributed by atoms with van der Waals surface area (Å²) >= 11 is 5.17. The minimum Gasteiger partial charge on any atom is -0.494 e. The van der Waals surface area contributed by atoms with Gasteiger partial charge in [0.1, 0.15) is 5.75 Å². The van der Waals surface area contributed by atoms with Gasteiger partial charge in [-0.05, 0) is 74.1 Å². The van der Waals surface area contributed by atoms with Crippen molar-refractivity contribution in [2.24, 2.45) is 0 Å². The third-order valence-corrected chi connectivity index (χ3v) is 4.11. The van der Waals surface area contributed by atoms with Crippen molar-refractivity contribution in [2.75, 3.05) is 11.9 Å². The van der Waals surface area contributed by atoms with Gasteiger partial charge in [0.25, 0.3) is 5.91 Å². The number of benzene rings is 2. The molecule has 0 unspecified atom stereocenters. The molecule has 2 aromatic rings. The summed E-state index contributed by atoms with van der Waals surface area (Å²) in [6.07, 6.45) is 3.31. The van der Waals surface area contributed by atoms with Gasteiger partial charge in [0.15, 0.2) is 10.9 Å². The average molecular weight is 385 g/mol. The first kappa shape index (κ1) is 20.6. The van der Waals surface area contributed by atoms with E-state index in [1.807, 2.05) is 0 Å². The van der Waals surface area contributed by atoms with E-state index in [9.17, 15) is 9.59 Å². The Hall–Kier alpha value is -2.73. The summed E-state index contributed by atoms with van der Waals surface area (Å²) in [5.41, 5.74) is 1.81. The number of hydrogen-bond donors (Lipinski definition) is 2. The molecule has 0 spiro atoms. The predicted octanol–water partition coefficient (Wildman–Crippen LogP) is 4.59. The van der Waals surface area contributed by atoms with Crippen LogP contribution in [0.2, 0.25) is 0 Å². The molecule has 0 radical (unpaired) electrons. The lowest BCUT2D eigenvalue weighted by atomic mass is 10.1. The van der Waals surface area contributed by atoms with Crippen molar-refractivity contribution in [3.8, 4) is 5.75 Å². The van der Waals surface area contributed by atoms with Crippen LogP contribution in [0.3, 0.4) is 0 Å². The number of anilines is 1. The largest absolute Gasteiger partial charge is 0.494 e. The zero-order valence-electron chi connectivity index (χ0n) is 15.6. The predicted molar refractivity (Wildman–Crippen MR) is 112 cm³/mol. The first-order chi connectivity index (χ1) is 13.0. The Balaban J connectivity index is 1.84. The minimum atomic E-state index is -0.301. The summed E-state index contributed by atoms with van der Waals surface area (Å²) in [7, 11) is 0. The van der Waals surface area contributed by atoms with Gasteiger partial charge in [-0.3, -0.25) is 14.9 Å². The summed E-state index contributed by atoms with van der Waals surface area (Å²) in [6, 6.07) is 13.8. The Labute approximate surface area is 165 Å². The van der Waals surface area contributed by atoms with Crippen LogP contribution in [-0.2, 0) is 0 Å². The van der Waals surface area contributed by atoms with E-state index in [0.29, 0.717) is 23.4 Å². The second-order valence-electron chi connectivity index (χ2n) is 6.12. The monoisotopic (exact) mass is 384 g/mol. The van der Waals surface area contributed by atoms with E-state index in [2.05, 4.69) is 17.6 Å². The maximum atomic E-state index is 12.3. The molecular formula is C21H24N2O3S. The van der Waals surface area contributed by atoms with Crippen molar-refractivity contribution in [3.05, 3.63) is 59.7 Å². The number of ether oxygens (including phenoxy) is 1. The summed E-state index contributed by atoms with van der Waals surface area (Å²) in [6.45, 7) is 4.33. The van der Waals surface area contributed by atoms with Gasteiger partial charge in [-0.15, -0.1) is 0 Å². The maximum absolute atomic E-state index is 12.3. The van der Waals surface area contributed by atoms with Gasteiger partial charge in [-0.25, -0.2) is 0 Å². The van der Waals surface area contributed by atoms with E-state index in [-0.39, 0.29) is 16.8 Å². The fourth-order valence-electron chi connectivity index (χ4n) is 2.37. The summed E-state index contributed by atoms with van der Waals surface area (Å²) in [5.74, 6) is 0.439. The molecule has 142 valence electrons. The zero-order valence-corrected chi connectivity index (χ0v) is 16.4. The Bertz CT molecular complexity index is 786. The van der Waals surface area contributed by atoms with Crippen LogP contribution >= 0.6 is 12.2 Å². The highest BCUT2D eigenvalue weighted by molar-refractivity contribution is 7.80. The fraction of sp³-hybridized carbons (Fsp3) is 0.286. The quantitative estimate of drug-likeness (QED) is 0.396. The first-order valence-corrected chi connectivity index (χ1v) is 9.36. The number of thiocarbonyl (C=S) groups is 1. The number of Topliss-reactive ketones (excluding diaryl/α,β-unsaturated/α-hetero) is 1. The zero-order chi connectivity index (χ0) is 19.6. The molecule has 0 aliphatic heterocycles. The van der Waals surface area contributed by atoms with Crippen molar-refractivity contribution in [1.29, 1.82) is 0 Å². The topological polar surface area (TPSA) is 67.4 Å². The smallest absolute Gasteiger partial charge is 0.257 e. The lowest BCUT2D eigenvalue weighted by Gasteiger charge is -2.10. The van der Waals surface area contributed by atoms with Crippen LogP contribution in [0.25, 0.3) is 0 Å². The number of carbonyl (C=O) groups excluding carboxylic acids is 2. The molecule has 27 heavy (non-hydrogen) atoms. The van der Waals surface area contributed by atoms with E-state index in [1.54, 1.807) is 48.5 Å². The number of carbonyl (C=O) groups is 2. The first-order valence-electron chi connectivity index (χ1n) is 8.96. The van der Waals surface area contributed by atoms with E-state index in [4.69, 9.17) is 17.0 Å². The van der Waals surface area contributed by atoms with Crippen molar-refractivity contribution < 1.29 is 14.3 Å². The number of ketones is 1. The number of rotatable bonds is 8. The van der Waals surface area contributed by atoms with Gasteiger partial charge in [0.2, 0.25) is 0 Å². The second-order valence-corrected chi connectivity index (χ2v) is 6.53. The van der Waals surface area contributed by atoms with Gasteiger partial charge in [-0.2, -0.15) is 0 Å². The molecule has 0 aliphatic rings. The number of unbranched alkanes of at least 4 members (excludes halogenated alkanes) is 2. The van der Waals surface area contributed by atoms with E-state index >= 15 is 0 Å². The van der Waals surface area contributed by atoms with Crippen LogP contribution in [0.4, 0.5) is 5.69 Å². The summed E-state index contributed by atoms with van der Waals surface area (Å²) in [4.78, 5) is 23.6. The molecule has 2 aromatic carbocycles. The molecule has 6 heteroatoms. The molecule has 0 aromatic heterocycles. The summed E-state index contributed by atoms with van der Waals surface area (Å²) in [5, 5.41) is 5.75. The maximum Gasteiger partial charge on any atom is 0.257 e. The van der Waals surface area contributed by atoms with Crippen LogP contribution in [0.15, 0.2) is 48.5 Å². The molecule has 5 nitrogen and oxygen atoms in total. The standard InChI is InChI=1S/C21H24N2O3S/c1-3-4-5-14-26-19-12-8-17(9-13-19)20(25)23-21(27)22-18-10-6-16(7-11-18)15(2)24/h6-13H,3-5,14H2,1-2H3,(H2,22,23,25,27). The molecule has 0 atom stereocenters. The van der Waals surface area contributed by atoms with E-state index in [0.717, 1.165) is 25.0 Å². The Morgan fingerprint density at radius 2 is 1.59 bits per heavy atom. The molecule has 0 aliphatic carbocycles. The fourth-order valence-corrected chi connectivity index (χ4v) is 2.58. The van der Waals surface area contributed by atoms with Gasteiger partial charge in [0.05, 0.1) is 6.61 Å². The molecule has 0 saturated heterocycles. The van der Waals surface area contributed by atoms with Gasteiger partial charge < -0.3 is 10.1 Å². The number of amides is 1. The normalized spacial score (nSPS) is 10.1. The summed E-state index contributed by atoms with van der Waals surface area (Å²) < 4.78 is 5.64. The average Bonchev–Trinajstić information content (AvgIpc) is 2.66. The highest BCUT2D eigenvalue weighted by atomic mass is 32.1. The Morgan fingerprint density at radius 1 is 0.963 bits per heavy atom. The van der Waals surface area contributed by atoms with Crippen LogP contribution in [-0.4, -0.2) is 23.4 Å². The van der Waals surface area contributed by atoms with E-state index < -0.39 is 0 Å². The minimum absolute atomic E-state index is 0.00443. The van der Waals surface area contributed by atoms with Crippen LogP contribution < -0.4 is 15.4 Å². The van der Waals surface area contributed by atoms with Crippen LogP contribution in [0, 0.1) is 0 Å². The molecule has 2 rings (SSSR count). The van der Waals surface area contributed by atoms with Crippen LogP contribution in [0.5, 0.6) is 5.75 Å². The number of hydrogen-bond acceptors (Lipinski definition) is 4. The molecular weight excluding hydrogens is 360 g/mol. The second kappa shape index (κ2) is 10.4. The molecule has 2 N–H and O–H groups in total. The number of nitrogens with one attached hydrogen (secondary N) is 2. The molecule has 0 saturated carbocycles. The van der Waals surface area contributed by atoms with Crippen molar-refractivity contribution in [1.82, 2.24) is 5.32 Å². The van der Waals surface area contributed by atoms with E-state index in [1.165, 1.54) is 6.92 Å². The molecule has 0 heterocycles. The molecule has 0 bridgehead atoms. The highest BCUT2D eigenvalue weighted by Gasteiger charge is 2.08. The third kappa shape index (κ3) is 6.83. The molecule has 1 amide bonds. The Kier molecular flexibility index (Phi) is 7.95. The highest BCUT2D eigenvalue weighted by Crippen LogP contribution is 2.13. The van der Waals surface area contributed by atoms with Crippen LogP contribution in [0.1, 0.15) is 53.8 Å². The van der Waals surface area contributed by atoms with Crippen molar-refractivity contribution >= 4 is 34.7 Å². The third-order valence-electron chi connectivity index (χ3n) is 3.91. The SMILES string of the molecule is CCCCCOc1ccc(C(=O)NC(=S)Nc2ccc(C(C)=O)cc2)cc1. The lowest BCUT2D eigenvalue weighted by Crippen LogP contribution is -2.34. The van der Waals surface area contributed by atoms with Crippen molar-refractivity contribution in [2.45, 2.75) is 33.1 Å². The van der Waals surface area contributed by atoms with Gasteiger partial charge in [-0.1, -0.05) is 19.8 Å². The lowest BCUT2D eigenvalue weighted by molar-refractivity contribution is 0.0976. The molecule has 0 fully saturated rings. The van der Waals surface area contributed by atoms with Gasteiger partial charge in [0, 0.05) is 16.8 Å².